The van der Waals surface area contributed by atoms with Gasteiger partial charge in [-0.05, 0) is 19.8 Å². The predicted molar refractivity (Wildman–Crippen MR) is 35.4 cm³/mol. The van der Waals surface area contributed by atoms with Crippen molar-refractivity contribution in [1.82, 2.24) is 5.32 Å². The average molecular weight is 127 g/mol. The van der Waals surface area contributed by atoms with E-state index in [4.69, 9.17) is 4.74 Å². The molecule has 52 valence electrons. The van der Waals surface area contributed by atoms with Gasteiger partial charge in [0.15, 0.2) is 0 Å². The van der Waals surface area contributed by atoms with Crippen LogP contribution in [0.5, 0.6) is 0 Å². The summed E-state index contributed by atoms with van der Waals surface area (Å²) in [4.78, 5) is 0. The van der Waals surface area contributed by atoms with E-state index in [-0.39, 0.29) is 0 Å². The molecule has 0 aromatic rings. The maximum absolute atomic E-state index is 5.63. The van der Waals surface area contributed by atoms with Crippen LogP contribution < -0.4 is 5.32 Å². The van der Waals surface area contributed by atoms with Crippen LogP contribution >= 0.6 is 0 Å². The van der Waals surface area contributed by atoms with Crippen molar-refractivity contribution in [2.24, 2.45) is 0 Å². The Morgan fingerprint density at radius 1 is 1.56 bits per heavy atom. The van der Waals surface area contributed by atoms with Gasteiger partial charge in [0, 0.05) is 12.6 Å². The van der Waals surface area contributed by atoms with Crippen LogP contribution in [0.25, 0.3) is 0 Å². The fourth-order valence-electron chi connectivity index (χ4n) is 1.23. The van der Waals surface area contributed by atoms with Crippen LogP contribution in [0.1, 0.15) is 19.8 Å². The Morgan fingerprint density at radius 3 is 2.78 bits per heavy atom. The molecule has 1 spiro atoms. The third-order valence-electron chi connectivity index (χ3n) is 2.22. The Hall–Kier alpha value is -0.0800. The van der Waals surface area contributed by atoms with E-state index < -0.39 is 0 Å². The molecular weight excluding hydrogens is 114 g/mol. The molecule has 1 aliphatic carbocycles. The van der Waals surface area contributed by atoms with Gasteiger partial charge in [-0.3, -0.25) is 0 Å². The van der Waals surface area contributed by atoms with Crippen molar-refractivity contribution >= 4 is 0 Å². The van der Waals surface area contributed by atoms with Crippen LogP contribution in [-0.4, -0.2) is 24.8 Å². The van der Waals surface area contributed by atoms with E-state index in [1.54, 1.807) is 0 Å². The summed E-state index contributed by atoms with van der Waals surface area (Å²) in [7, 11) is 0. The third kappa shape index (κ3) is 0.970. The summed E-state index contributed by atoms with van der Waals surface area (Å²) in [6.45, 7) is 4.14. The van der Waals surface area contributed by atoms with Crippen LogP contribution in [0.2, 0.25) is 0 Å². The molecule has 2 rings (SSSR count). The molecule has 1 saturated heterocycles. The second-order valence-electron chi connectivity index (χ2n) is 3.28. The highest BCUT2D eigenvalue weighted by Crippen LogP contribution is 2.40. The van der Waals surface area contributed by atoms with Crippen LogP contribution in [0.3, 0.4) is 0 Å². The average Bonchev–Trinajstić information content (AvgIpc) is 2.60. The van der Waals surface area contributed by atoms with Gasteiger partial charge in [-0.15, -0.1) is 0 Å². The normalized spacial score (nSPS) is 39.0. The summed E-state index contributed by atoms with van der Waals surface area (Å²) in [6.07, 6.45) is 2.54. The molecule has 1 atom stereocenters. The standard InChI is InChI=1S/C7H13NO/c1-6-4-9-7(2-3-7)5-8-6/h6,8H,2-5H2,1H3/t6-/m0/s1. The van der Waals surface area contributed by atoms with E-state index in [9.17, 15) is 0 Å². The van der Waals surface area contributed by atoms with Crippen molar-refractivity contribution in [2.45, 2.75) is 31.4 Å². The lowest BCUT2D eigenvalue weighted by Gasteiger charge is -2.27. The molecule has 1 aliphatic heterocycles. The van der Waals surface area contributed by atoms with Crippen molar-refractivity contribution in [3.05, 3.63) is 0 Å². The van der Waals surface area contributed by atoms with E-state index in [0.717, 1.165) is 13.2 Å². The van der Waals surface area contributed by atoms with Crippen molar-refractivity contribution in [2.75, 3.05) is 13.2 Å². The lowest BCUT2D eigenvalue weighted by atomic mass is 10.2. The van der Waals surface area contributed by atoms with Crippen LogP contribution in [0, 0.1) is 0 Å². The van der Waals surface area contributed by atoms with Gasteiger partial charge in [-0.2, -0.15) is 0 Å². The number of ether oxygens (including phenoxy) is 1. The van der Waals surface area contributed by atoms with E-state index in [2.05, 4.69) is 12.2 Å². The van der Waals surface area contributed by atoms with Crippen LogP contribution in [-0.2, 0) is 4.74 Å². The molecule has 0 amide bonds. The van der Waals surface area contributed by atoms with E-state index >= 15 is 0 Å². The zero-order valence-electron chi connectivity index (χ0n) is 5.81. The largest absolute Gasteiger partial charge is 0.372 e. The minimum Gasteiger partial charge on any atom is -0.372 e. The quantitative estimate of drug-likeness (QED) is 0.512. The summed E-state index contributed by atoms with van der Waals surface area (Å²) in [5.74, 6) is 0. The number of hydrogen-bond acceptors (Lipinski definition) is 2. The third-order valence-corrected chi connectivity index (χ3v) is 2.22. The molecule has 0 bridgehead atoms. The Bertz CT molecular complexity index is 110. The maximum Gasteiger partial charge on any atom is 0.0809 e. The number of rotatable bonds is 0. The molecule has 1 heterocycles. The van der Waals surface area contributed by atoms with Gasteiger partial charge in [0.1, 0.15) is 0 Å². The molecule has 2 aliphatic rings. The van der Waals surface area contributed by atoms with Gasteiger partial charge in [0.25, 0.3) is 0 Å². The van der Waals surface area contributed by atoms with Crippen molar-refractivity contribution in [3.63, 3.8) is 0 Å². The Labute approximate surface area is 55.6 Å². The summed E-state index contributed by atoms with van der Waals surface area (Å²) in [5.41, 5.74) is 0.298. The molecule has 2 fully saturated rings. The molecule has 9 heavy (non-hydrogen) atoms. The number of morpholine rings is 1. The van der Waals surface area contributed by atoms with Gasteiger partial charge in [0.05, 0.1) is 12.2 Å². The topological polar surface area (TPSA) is 21.3 Å². The van der Waals surface area contributed by atoms with E-state index in [1.807, 2.05) is 0 Å². The van der Waals surface area contributed by atoms with Gasteiger partial charge < -0.3 is 10.1 Å². The summed E-state index contributed by atoms with van der Waals surface area (Å²) < 4.78 is 5.63. The van der Waals surface area contributed by atoms with E-state index in [0.29, 0.717) is 11.6 Å². The summed E-state index contributed by atoms with van der Waals surface area (Å²) in [5, 5.41) is 3.41. The molecule has 0 radical (unpaired) electrons. The first kappa shape index (κ1) is 5.69. The zero-order valence-corrected chi connectivity index (χ0v) is 5.81. The summed E-state index contributed by atoms with van der Waals surface area (Å²) >= 11 is 0. The molecule has 0 aromatic heterocycles. The Balaban J connectivity index is 1.91. The summed E-state index contributed by atoms with van der Waals surface area (Å²) in [6, 6.07) is 0.566. The van der Waals surface area contributed by atoms with Crippen molar-refractivity contribution in [1.29, 1.82) is 0 Å². The minimum atomic E-state index is 0.298. The van der Waals surface area contributed by atoms with Crippen LogP contribution in [0.4, 0.5) is 0 Å². The van der Waals surface area contributed by atoms with Crippen molar-refractivity contribution in [3.8, 4) is 0 Å². The number of nitrogens with one attached hydrogen (secondary N) is 1. The lowest BCUT2D eigenvalue weighted by molar-refractivity contribution is -0.0106. The minimum absolute atomic E-state index is 0.298. The van der Waals surface area contributed by atoms with Crippen LogP contribution in [0.15, 0.2) is 0 Å². The van der Waals surface area contributed by atoms with Gasteiger partial charge in [-0.25, -0.2) is 0 Å². The predicted octanol–water partition coefficient (Wildman–Crippen LogP) is 0.527. The molecular formula is C7H13NO. The smallest absolute Gasteiger partial charge is 0.0809 e. The molecule has 1 saturated carbocycles. The maximum atomic E-state index is 5.63. The second-order valence-corrected chi connectivity index (χ2v) is 3.28. The second kappa shape index (κ2) is 1.70. The fraction of sp³-hybridized carbons (Fsp3) is 1.00. The highest BCUT2D eigenvalue weighted by atomic mass is 16.5. The SMILES string of the molecule is C[C@H]1COC2(CC2)CN1. The first-order valence-electron chi connectivity index (χ1n) is 3.68. The van der Waals surface area contributed by atoms with Gasteiger partial charge in [0.2, 0.25) is 0 Å². The Kier molecular flexibility index (Phi) is 1.08. The monoisotopic (exact) mass is 127 g/mol. The zero-order chi connectivity index (χ0) is 6.32. The van der Waals surface area contributed by atoms with Gasteiger partial charge in [-0.1, -0.05) is 0 Å². The first-order chi connectivity index (χ1) is 4.31. The fourth-order valence-corrected chi connectivity index (χ4v) is 1.23. The number of hydrogen-bond donors (Lipinski definition) is 1. The van der Waals surface area contributed by atoms with Gasteiger partial charge >= 0.3 is 0 Å². The molecule has 0 aromatic carbocycles. The Morgan fingerprint density at radius 2 is 2.33 bits per heavy atom. The molecule has 2 nitrogen and oxygen atoms in total. The lowest BCUT2D eigenvalue weighted by Crippen LogP contribution is -2.45. The highest BCUT2D eigenvalue weighted by Gasteiger charge is 2.45. The van der Waals surface area contributed by atoms with Crippen molar-refractivity contribution < 1.29 is 4.74 Å². The first-order valence-corrected chi connectivity index (χ1v) is 3.68. The van der Waals surface area contributed by atoms with E-state index in [1.165, 1.54) is 12.8 Å². The molecule has 0 unspecified atom stereocenters. The molecule has 2 heteroatoms. The highest BCUT2D eigenvalue weighted by molar-refractivity contribution is 5.00. The molecule has 1 N–H and O–H groups in total.